The first-order valence-electron chi connectivity index (χ1n) is 4.86. The first-order valence-corrected chi connectivity index (χ1v) is 6.11. The van der Waals surface area contributed by atoms with Gasteiger partial charge in [-0.1, -0.05) is 22.6 Å². The van der Waals surface area contributed by atoms with Crippen LogP contribution in [-0.4, -0.2) is 21.8 Å². The summed E-state index contributed by atoms with van der Waals surface area (Å²) in [5, 5.41) is 0. The predicted octanol–water partition coefficient (Wildman–Crippen LogP) is 2.11. The summed E-state index contributed by atoms with van der Waals surface area (Å²) in [5.41, 5.74) is 0. The van der Waals surface area contributed by atoms with E-state index < -0.39 is 0 Å². The Balaban J connectivity index is 2.50. The van der Waals surface area contributed by atoms with Crippen LogP contribution in [0.3, 0.4) is 0 Å². The molecule has 80 valence electrons. The smallest absolute Gasteiger partial charge is 0.302 e. The van der Waals surface area contributed by atoms with E-state index in [1.165, 1.54) is 6.92 Å². The summed E-state index contributed by atoms with van der Waals surface area (Å²) >= 11 is 2.22. The summed E-state index contributed by atoms with van der Waals surface area (Å²) in [4.78, 5) is 22.2. The van der Waals surface area contributed by atoms with E-state index in [9.17, 15) is 9.59 Å². The van der Waals surface area contributed by atoms with Gasteiger partial charge in [0.1, 0.15) is 11.9 Å². The maximum Gasteiger partial charge on any atom is 0.302 e. The van der Waals surface area contributed by atoms with Gasteiger partial charge in [-0.2, -0.15) is 0 Å². The number of halogens is 1. The van der Waals surface area contributed by atoms with Crippen LogP contribution in [0.2, 0.25) is 0 Å². The van der Waals surface area contributed by atoms with E-state index in [0.29, 0.717) is 12.2 Å². The van der Waals surface area contributed by atoms with Crippen LogP contribution in [0.4, 0.5) is 0 Å². The molecule has 3 nitrogen and oxygen atoms in total. The fourth-order valence-corrected chi connectivity index (χ4v) is 2.74. The van der Waals surface area contributed by atoms with Crippen molar-refractivity contribution in [3.05, 3.63) is 0 Å². The number of hydrogen-bond acceptors (Lipinski definition) is 3. The van der Waals surface area contributed by atoms with E-state index in [2.05, 4.69) is 22.6 Å². The molecule has 1 aliphatic rings. The van der Waals surface area contributed by atoms with Crippen LogP contribution in [0.15, 0.2) is 0 Å². The minimum Gasteiger partial charge on any atom is -0.462 e. The van der Waals surface area contributed by atoms with E-state index in [-0.39, 0.29) is 21.9 Å². The van der Waals surface area contributed by atoms with Crippen LogP contribution in [0.25, 0.3) is 0 Å². The molecule has 1 aliphatic carbocycles. The highest BCUT2D eigenvalue weighted by molar-refractivity contribution is 14.1. The lowest BCUT2D eigenvalue weighted by molar-refractivity contribution is -0.146. The largest absolute Gasteiger partial charge is 0.462 e. The SMILES string of the molecule is CC(=O)OC(C)C(I)C1CCCC1=O. The van der Waals surface area contributed by atoms with Crippen molar-refractivity contribution >= 4 is 34.3 Å². The number of esters is 1. The number of carbonyl (C=O) groups excluding carboxylic acids is 2. The summed E-state index contributed by atoms with van der Waals surface area (Å²) in [7, 11) is 0. The molecule has 0 heterocycles. The molecule has 14 heavy (non-hydrogen) atoms. The average molecular weight is 310 g/mol. The van der Waals surface area contributed by atoms with Crippen molar-refractivity contribution < 1.29 is 14.3 Å². The first kappa shape index (κ1) is 11.9. The molecule has 0 N–H and O–H groups in total. The molecule has 0 aliphatic heterocycles. The van der Waals surface area contributed by atoms with Crippen LogP contribution in [0.5, 0.6) is 0 Å². The van der Waals surface area contributed by atoms with Crippen molar-refractivity contribution in [1.29, 1.82) is 0 Å². The van der Waals surface area contributed by atoms with Crippen molar-refractivity contribution in [3.63, 3.8) is 0 Å². The van der Waals surface area contributed by atoms with Crippen LogP contribution in [0.1, 0.15) is 33.1 Å². The lowest BCUT2D eigenvalue weighted by Crippen LogP contribution is -2.31. The van der Waals surface area contributed by atoms with E-state index in [0.717, 1.165) is 12.8 Å². The van der Waals surface area contributed by atoms with Crippen molar-refractivity contribution in [1.82, 2.24) is 0 Å². The normalized spacial score (nSPS) is 25.9. The molecule has 3 atom stereocenters. The Hall–Kier alpha value is -0.130. The number of ether oxygens (including phenoxy) is 1. The topological polar surface area (TPSA) is 43.4 Å². The zero-order valence-corrected chi connectivity index (χ0v) is 10.6. The summed E-state index contributed by atoms with van der Waals surface area (Å²) in [5.74, 6) is 0.137. The van der Waals surface area contributed by atoms with Crippen LogP contribution < -0.4 is 0 Å². The predicted molar refractivity (Wildman–Crippen MR) is 61.4 cm³/mol. The molecule has 0 saturated heterocycles. The van der Waals surface area contributed by atoms with Crippen molar-refractivity contribution in [3.8, 4) is 0 Å². The van der Waals surface area contributed by atoms with Gasteiger partial charge in [0.15, 0.2) is 0 Å². The Morgan fingerprint density at radius 1 is 1.64 bits per heavy atom. The average Bonchev–Trinajstić information content (AvgIpc) is 2.48. The van der Waals surface area contributed by atoms with Gasteiger partial charge in [0, 0.05) is 19.3 Å². The van der Waals surface area contributed by atoms with Crippen molar-refractivity contribution in [2.45, 2.75) is 43.1 Å². The fourth-order valence-electron chi connectivity index (χ4n) is 1.83. The molecule has 0 radical (unpaired) electrons. The second kappa shape index (κ2) is 5.09. The zero-order valence-electron chi connectivity index (χ0n) is 8.46. The van der Waals surface area contributed by atoms with Gasteiger partial charge in [0.25, 0.3) is 0 Å². The van der Waals surface area contributed by atoms with Gasteiger partial charge in [-0.15, -0.1) is 0 Å². The molecule has 0 spiro atoms. The molecule has 0 amide bonds. The highest BCUT2D eigenvalue weighted by Crippen LogP contribution is 2.31. The van der Waals surface area contributed by atoms with E-state index in [1.54, 1.807) is 0 Å². The number of Topliss-reactive ketones (excluding diaryl/α,β-unsaturated/α-hetero) is 1. The maximum absolute atomic E-state index is 11.5. The Kier molecular flexibility index (Phi) is 4.34. The number of rotatable bonds is 3. The number of alkyl halides is 1. The Labute approximate surface area is 97.7 Å². The standard InChI is InChI=1S/C10H15IO3/c1-6(14-7(2)12)10(11)8-4-3-5-9(8)13/h6,8,10H,3-5H2,1-2H3. The van der Waals surface area contributed by atoms with E-state index in [4.69, 9.17) is 4.74 Å². The van der Waals surface area contributed by atoms with Crippen LogP contribution in [-0.2, 0) is 14.3 Å². The molecule has 0 aromatic heterocycles. The molecule has 0 aromatic carbocycles. The summed E-state index contributed by atoms with van der Waals surface area (Å²) in [6.45, 7) is 3.25. The van der Waals surface area contributed by atoms with Crippen molar-refractivity contribution in [2.75, 3.05) is 0 Å². The minimum absolute atomic E-state index is 0.0879. The number of hydrogen-bond donors (Lipinski definition) is 0. The van der Waals surface area contributed by atoms with Crippen molar-refractivity contribution in [2.24, 2.45) is 5.92 Å². The lowest BCUT2D eigenvalue weighted by Gasteiger charge is -2.22. The van der Waals surface area contributed by atoms with E-state index in [1.807, 2.05) is 6.92 Å². The van der Waals surface area contributed by atoms with Gasteiger partial charge in [0.2, 0.25) is 0 Å². The maximum atomic E-state index is 11.5. The van der Waals surface area contributed by atoms with Gasteiger partial charge in [-0.3, -0.25) is 9.59 Å². The van der Waals surface area contributed by atoms with Gasteiger partial charge >= 0.3 is 5.97 Å². The molecule has 3 unspecified atom stereocenters. The minimum atomic E-state index is -0.274. The monoisotopic (exact) mass is 310 g/mol. The Morgan fingerprint density at radius 2 is 2.29 bits per heavy atom. The van der Waals surface area contributed by atoms with Gasteiger partial charge in [0.05, 0.1) is 3.92 Å². The summed E-state index contributed by atoms with van der Waals surface area (Å²) in [6.07, 6.45) is 2.45. The molecular weight excluding hydrogens is 295 g/mol. The fraction of sp³-hybridized carbons (Fsp3) is 0.800. The van der Waals surface area contributed by atoms with Gasteiger partial charge in [-0.05, 0) is 19.8 Å². The van der Waals surface area contributed by atoms with Crippen LogP contribution >= 0.6 is 22.6 Å². The Bertz CT molecular complexity index is 240. The molecular formula is C10H15IO3. The first-order chi connectivity index (χ1) is 6.52. The van der Waals surface area contributed by atoms with Gasteiger partial charge in [-0.25, -0.2) is 0 Å². The third-order valence-corrected chi connectivity index (χ3v) is 4.42. The number of ketones is 1. The molecule has 1 saturated carbocycles. The summed E-state index contributed by atoms with van der Waals surface area (Å²) in [6, 6.07) is 0. The molecule has 0 aromatic rings. The summed E-state index contributed by atoms with van der Waals surface area (Å²) < 4.78 is 5.19. The third kappa shape index (κ3) is 2.93. The quantitative estimate of drug-likeness (QED) is 0.455. The molecule has 1 fully saturated rings. The highest BCUT2D eigenvalue weighted by atomic mass is 127. The highest BCUT2D eigenvalue weighted by Gasteiger charge is 2.34. The van der Waals surface area contributed by atoms with Gasteiger partial charge < -0.3 is 4.74 Å². The molecule has 0 bridgehead atoms. The molecule has 1 rings (SSSR count). The lowest BCUT2D eigenvalue weighted by atomic mass is 10.00. The second-order valence-corrected chi connectivity index (χ2v) is 5.16. The zero-order chi connectivity index (χ0) is 10.7. The van der Waals surface area contributed by atoms with Crippen LogP contribution in [0, 0.1) is 5.92 Å². The van der Waals surface area contributed by atoms with E-state index >= 15 is 0 Å². The number of carbonyl (C=O) groups is 2. The third-order valence-electron chi connectivity index (χ3n) is 2.54. The Morgan fingerprint density at radius 3 is 2.71 bits per heavy atom. The second-order valence-electron chi connectivity index (χ2n) is 3.72. The molecule has 4 heteroatoms.